The van der Waals surface area contributed by atoms with Gasteiger partial charge >= 0.3 is 0 Å². The lowest BCUT2D eigenvalue weighted by Crippen LogP contribution is -2.48. The lowest BCUT2D eigenvalue weighted by molar-refractivity contribution is 0.180. The van der Waals surface area contributed by atoms with E-state index in [0.717, 1.165) is 0 Å². The summed E-state index contributed by atoms with van der Waals surface area (Å²) in [6.07, 6.45) is 1.71. The Labute approximate surface area is 173 Å². The van der Waals surface area contributed by atoms with Crippen LogP contribution in [0.2, 0.25) is 0 Å². The van der Waals surface area contributed by atoms with E-state index in [4.69, 9.17) is 4.74 Å². The largest absolute Gasteiger partial charge is 0.494 e. The second kappa shape index (κ2) is 8.23. The van der Waals surface area contributed by atoms with Crippen LogP contribution < -0.4 is 10.3 Å². The molecule has 2 aromatic heterocycles. The first-order chi connectivity index (χ1) is 14.0. The van der Waals surface area contributed by atoms with Crippen LogP contribution in [0.25, 0.3) is 4.96 Å². The number of aromatic nitrogens is 2. The average molecular weight is 435 g/mol. The molecule has 0 bridgehead atoms. The van der Waals surface area contributed by atoms with E-state index in [0.29, 0.717) is 55.7 Å². The zero-order valence-electron chi connectivity index (χ0n) is 16.0. The van der Waals surface area contributed by atoms with Gasteiger partial charge in [0.1, 0.15) is 5.75 Å². The molecule has 8 nitrogen and oxygen atoms in total. The summed E-state index contributed by atoms with van der Waals surface area (Å²) in [4.78, 5) is 19.7. The van der Waals surface area contributed by atoms with Crippen molar-refractivity contribution < 1.29 is 13.2 Å². The van der Waals surface area contributed by atoms with Crippen molar-refractivity contribution in [3.63, 3.8) is 0 Å². The number of benzene rings is 1. The fourth-order valence-corrected chi connectivity index (χ4v) is 5.51. The van der Waals surface area contributed by atoms with E-state index in [9.17, 15) is 13.2 Å². The van der Waals surface area contributed by atoms with Crippen LogP contribution in [0.3, 0.4) is 0 Å². The first-order valence-electron chi connectivity index (χ1n) is 9.38. The summed E-state index contributed by atoms with van der Waals surface area (Å²) in [5.74, 6) is 0.655. The molecule has 1 aromatic carbocycles. The van der Waals surface area contributed by atoms with Crippen molar-refractivity contribution in [1.82, 2.24) is 18.6 Å². The first kappa shape index (κ1) is 20.0. The molecular weight excluding hydrogens is 412 g/mol. The maximum absolute atomic E-state index is 12.9. The van der Waals surface area contributed by atoms with Gasteiger partial charge in [0.05, 0.1) is 17.2 Å². The topological polar surface area (TPSA) is 84.2 Å². The summed E-state index contributed by atoms with van der Waals surface area (Å²) in [6.45, 7) is 4.92. The molecule has 4 rings (SSSR count). The molecule has 1 saturated heterocycles. The molecule has 0 unspecified atom stereocenters. The summed E-state index contributed by atoms with van der Waals surface area (Å²) >= 11 is 1.42. The molecule has 1 aliphatic rings. The van der Waals surface area contributed by atoms with Crippen LogP contribution in [0.5, 0.6) is 5.75 Å². The van der Waals surface area contributed by atoms with Gasteiger partial charge in [-0.15, -0.1) is 11.3 Å². The van der Waals surface area contributed by atoms with Gasteiger partial charge in [0, 0.05) is 50.4 Å². The zero-order chi connectivity index (χ0) is 20.4. The minimum Gasteiger partial charge on any atom is -0.494 e. The van der Waals surface area contributed by atoms with E-state index in [1.165, 1.54) is 20.0 Å². The predicted octanol–water partition coefficient (Wildman–Crippen LogP) is 1.66. The third-order valence-electron chi connectivity index (χ3n) is 4.85. The fraction of sp³-hybridized carbons (Fsp3) is 0.368. The number of rotatable bonds is 6. The van der Waals surface area contributed by atoms with E-state index in [-0.39, 0.29) is 10.5 Å². The number of piperazine rings is 1. The number of hydrogen-bond acceptors (Lipinski definition) is 7. The maximum Gasteiger partial charge on any atom is 0.258 e. The molecule has 0 N–H and O–H groups in total. The van der Waals surface area contributed by atoms with Gasteiger partial charge in [-0.1, -0.05) is 0 Å². The van der Waals surface area contributed by atoms with E-state index in [1.54, 1.807) is 36.5 Å². The van der Waals surface area contributed by atoms with Crippen molar-refractivity contribution in [3.8, 4) is 5.75 Å². The van der Waals surface area contributed by atoms with E-state index < -0.39 is 10.0 Å². The number of thiazole rings is 1. The highest BCUT2D eigenvalue weighted by Crippen LogP contribution is 2.21. The molecule has 1 aliphatic heterocycles. The van der Waals surface area contributed by atoms with Crippen molar-refractivity contribution in [2.45, 2.75) is 18.4 Å². The van der Waals surface area contributed by atoms with Crippen molar-refractivity contribution in [2.75, 3.05) is 32.8 Å². The molecule has 1 fully saturated rings. The number of fused-ring (bicyclic) bond motifs is 1. The minimum atomic E-state index is -3.53. The summed E-state index contributed by atoms with van der Waals surface area (Å²) in [5.41, 5.74) is 0.614. The molecule has 3 heterocycles. The molecule has 0 saturated carbocycles. The molecule has 10 heteroatoms. The number of hydrogen-bond donors (Lipinski definition) is 0. The van der Waals surface area contributed by atoms with E-state index in [2.05, 4.69) is 9.88 Å². The van der Waals surface area contributed by atoms with Gasteiger partial charge in [0.15, 0.2) is 4.96 Å². The van der Waals surface area contributed by atoms with Crippen molar-refractivity contribution in [1.29, 1.82) is 0 Å². The van der Waals surface area contributed by atoms with Crippen LogP contribution in [0.1, 0.15) is 12.6 Å². The lowest BCUT2D eigenvalue weighted by Gasteiger charge is -2.33. The van der Waals surface area contributed by atoms with Crippen LogP contribution in [0, 0.1) is 0 Å². The summed E-state index contributed by atoms with van der Waals surface area (Å²) in [5, 5.41) is 1.83. The highest BCUT2D eigenvalue weighted by molar-refractivity contribution is 7.89. The van der Waals surface area contributed by atoms with Gasteiger partial charge in [-0.25, -0.2) is 13.4 Å². The van der Waals surface area contributed by atoms with Gasteiger partial charge < -0.3 is 4.74 Å². The molecule has 0 aliphatic carbocycles. The highest BCUT2D eigenvalue weighted by atomic mass is 32.2. The van der Waals surface area contributed by atoms with Crippen molar-refractivity contribution in [2.24, 2.45) is 0 Å². The molecule has 0 atom stereocenters. The van der Waals surface area contributed by atoms with Crippen LogP contribution >= 0.6 is 11.3 Å². The predicted molar refractivity (Wildman–Crippen MR) is 111 cm³/mol. The van der Waals surface area contributed by atoms with Crippen LogP contribution in [-0.2, 0) is 16.6 Å². The Morgan fingerprint density at radius 3 is 2.55 bits per heavy atom. The highest BCUT2D eigenvalue weighted by Gasteiger charge is 2.28. The molecule has 154 valence electrons. The summed E-state index contributed by atoms with van der Waals surface area (Å²) in [7, 11) is -3.53. The lowest BCUT2D eigenvalue weighted by atomic mass is 10.3. The second-order valence-corrected chi connectivity index (χ2v) is 9.54. The standard InChI is InChI=1S/C19H22N4O4S2/c1-2-27-16-3-5-17(6-4-16)29(25,26)22-9-7-21(8-10-22)14-15-13-18(24)23-11-12-28-19(23)20-15/h3-6,11-13H,2,7-10,14H2,1H3. The van der Waals surface area contributed by atoms with Gasteiger partial charge in [-0.3, -0.25) is 14.1 Å². The SMILES string of the molecule is CCOc1ccc(S(=O)(=O)N2CCN(Cc3cc(=O)n4ccsc4n3)CC2)cc1. The Bertz CT molecular complexity index is 1150. The maximum atomic E-state index is 12.9. The monoisotopic (exact) mass is 434 g/mol. The molecule has 29 heavy (non-hydrogen) atoms. The third kappa shape index (κ3) is 4.20. The Kier molecular flexibility index (Phi) is 5.68. The quantitative estimate of drug-likeness (QED) is 0.587. The van der Waals surface area contributed by atoms with E-state index >= 15 is 0 Å². The first-order valence-corrected chi connectivity index (χ1v) is 11.7. The van der Waals surface area contributed by atoms with Crippen LogP contribution in [-0.4, -0.2) is 59.8 Å². The Balaban J connectivity index is 1.41. The van der Waals surface area contributed by atoms with Gasteiger partial charge in [-0.05, 0) is 31.2 Å². The van der Waals surface area contributed by atoms with Crippen LogP contribution in [0.4, 0.5) is 0 Å². The molecular formula is C19H22N4O4S2. The fourth-order valence-electron chi connectivity index (χ4n) is 3.35. The Morgan fingerprint density at radius 2 is 1.86 bits per heavy atom. The van der Waals surface area contributed by atoms with Gasteiger partial charge in [0.25, 0.3) is 5.56 Å². The third-order valence-corrected chi connectivity index (χ3v) is 7.52. The number of sulfonamides is 1. The number of ether oxygens (including phenoxy) is 1. The van der Waals surface area contributed by atoms with E-state index in [1.807, 2.05) is 12.3 Å². The Morgan fingerprint density at radius 1 is 1.14 bits per heavy atom. The smallest absolute Gasteiger partial charge is 0.258 e. The molecule has 3 aromatic rings. The molecule has 0 amide bonds. The van der Waals surface area contributed by atoms with Crippen LogP contribution in [0.15, 0.2) is 51.6 Å². The normalized spacial score (nSPS) is 16.3. The van der Waals surface area contributed by atoms with Crippen molar-refractivity contribution >= 4 is 26.3 Å². The summed E-state index contributed by atoms with van der Waals surface area (Å²) in [6, 6.07) is 8.07. The molecule has 0 radical (unpaired) electrons. The number of nitrogens with zero attached hydrogens (tertiary/aromatic N) is 4. The Hall–Kier alpha value is -2.27. The minimum absolute atomic E-state index is 0.0945. The van der Waals surface area contributed by atoms with Gasteiger partial charge in [-0.2, -0.15) is 4.31 Å². The second-order valence-electron chi connectivity index (χ2n) is 6.73. The summed E-state index contributed by atoms with van der Waals surface area (Å²) < 4.78 is 34.2. The average Bonchev–Trinajstić information content (AvgIpc) is 3.18. The molecule has 0 spiro atoms. The van der Waals surface area contributed by atoms with Gasteiger partial charge in [0.2, 0.25) is 10.0 Å². The van der Waals surface area contributed by atoms with Crippen molar-refractivity contribution in [3.05, 3.63) is 58.0 Å². The zero-order valence-corrected chi connectivity index (χ0v) is 17.7.